The molecule has 1 atom stereocenters. The number of carbonyl (C=O) groups excluding carboxylic acids is 3. The summed E-state index contributed by atoms with van der Waals surface area (Å²) in [5.41, 5.74) is 6.04. The molecule has 1 aromatic carbocycles. The minimum absolute atomic E-state index is 0.0588. The molecule has 0 spiro atoms. The number of benzene rings is 1. The van der Waals surface area contributed by atoms with Crippen molar-refractivity contribution in [2.75, 3.05) is 33.3 Å². The summed E-state index contributed by atoms with van der Waals surface area (Å²) in [4.78, 5) is 38.5. The lowest BCUT2D eigenvalue weighted by atomic mass is 9.95. The van der Waals surface area contributed by atoms with Gasteiger partial charge in [-0.2, -0.15) is 0 Å². The van der Waals surface area contributed by atoms with Crippen LogP contribution < -0.4 is 21.1 Å². The average molecular weight is 419 g/mol. The van der Waals surface area contributed by atoms with Crippen molar-refractivity contribution in [1.82, 2.24) is 15.5 Å². The van der Waals surface area contributed by atoms with Crippen LogP contribution >= 0.6 is 0 Å². The first-order valence-electron chi connectivity index (χ1n) is 10.7. The fraction of sp³-hybridized carbons (Fsp3) is 0.591. The van der Waals surface area contributed by atoms with E-state index in [1.165, 1.54) is 0 Å². The first-order valence-corrected chi connectivity index (χ1v) is 10.7. The zero-order valence-electron chi connectivity index (χ0n) is 18.0. The van der Waals surface area contributed by atoms with E-state index in [1.807, 2.05) is 14.0 Å². The second-order valence-corrected chi connectivity index (χ2v) is 7.75. The van der Waals surface area contributed by atoms with Crippen LogP contribution in [0.25, 0.3) is 0 Å². The van der Waals surface area contributed by atoms with Crippen LogP contribution in [0.4, 0.5) is 0 Å². The van der Waals surface area contributed by atoms with Crippen molar-refractivity contribution in [1.29, 1.82) is 0 Å². The number of ether oxygens (including phenoxy) is 1. The second-order valence-electron chi connectivity index (χ2n) is 7.75. The van der Waals surface area contributed by atoms with Gasteiger partial charge in [0.15, 0.2) is 0 Å². The van der Waals surface area contributed by atoms with Gasteiger partial charge >= 0.3 is 0 Å². The van der Waals surface area contributed by atoms with Crippen molar-refractivity contribution < 1.29 is 19.1 Å². The standard InChI is InChI=1S/C22H34N4O4/c1-3-30-18-9-7-16(8-10-18)21(28)24-13-5-4-6-19(20(23)27)25-22(29)17-11-14-26(2)15-12-17/h7-10,17,19H,3-6,11-15H2,1-2H3,(H2,23,27)(H,24,28)(H,25,29)/t19-/m0/s1. The van der Waals surface area contributed by atoms with Gasteiger partial charge < -0.3 is 26.0 Å². The summed E-state index contributed by atoms with van der Waals surface area (Å²) >= 11 is 0. The maximum Gasteiger partial charge on any atom is 0.251 e. The second kappa shape index (κ2) is 12.2. The highest BCUT2D eigenvalue weighted by molar-refractivity contribution is 5.94. The summed E-state index contributed by atoms with van der Waals surface area (Å²) in [5.74, 6) is -0.0873. The number of rotatable bonds is 11. The number of nitrogens with one attached hydrogen (secondary N) is 2. The SMILES string of the molecule is CCOc1ccc(C(=O)NCCCC[C@H](NC(=O)C2CCN(C)CC2)C(N)=O)cc1. The number of hydrogen-bond donors (Lipinski definition) is 3. The largest absolute Gasteiger partial charge is 0.494 e. The Morgan fingerprint density at radius 1 is 1.17 bits per heavy atom. The number of hydrogen-bond acceptors (Lipinski definition) is 5. The fourth-order valence-corrected chi connectivity index (χ4v) is 3.49. The van der Waals surface area contributed by atoms with Gasteiger partial charge in [0.2, 0.25) is 11.8 Å². The number of likely N-dealkylation sites (tertiary alicyclic amines) is 1. The molecule has 1 aliphatic heterocycles. The molecule has 8 nitrogen and oxygen atoms in total. The van der Waals surface area contributed by atoms with Crippen LogP contribution in [-0.4, -0.2) is 62.0 Å². The monoisotopic (exact) mass is 418 g/mol. The van der Waals surface area contributed by atoms with Gasteiger partial charge in [-0.3, -0.25) is 14.4 Å². The predicted octanol–water partition coefficient (Wildman–Crippen LogP) is 1.30. The van der Waals surface area contributed by atoms with Crippen LogP contribution in [0.3, 0.4) is 0 Å². The molecule has 0 unspecified atom stereocenters. The number of amides is 3. The molecule has 0 radical (unpaired) electrons. The van der Waals surface area contributed by atoms with E-state index in [2.05, 4.69) is 15.5 Å². The molecular weight excluding hydrogens is 384 g/mol. The summed E-state index contributed by atoms with van der Waals surface area (Å²) in [6, 6.07) is 6.31. The Morgan fingerprint density at radius 3 is 2.43 bits per heavy atom. The zero-order valence-corrected chi connectivity index (χ0v) is 18.0. The molecule has 30 heavy (non-hydrogen) atoms. The Labute approximate surface area is 178 Å². The Morgan fingerprint density at radius 2 is 1.83 bits per heavy atom. The van der Waals surface area contributed by atoms with Crippen LogP contribution in [0.15, 0.2) is 24.3 Å². The molecule has 1 aromatic rings. The van der Waals surface area contributed by atoms with E-state index in [0.29, 0.717) is 38.0 Å². The first-order chi connectivity index (χ1) is 14.4. The van der Waals surface area contributed by atoms with Crippen LogP contribution in [0.2, 0.25) is 0 Å². The third-order valence-electron chi connectivity index (χ3n) is 5.38. The Balaban J connectivity index is 1.68. The number of unbranched alkanes of at least 4 members (excludes halogenated alkanes) is 1. The summed E-state index contributed by atoms with van der Waals surface area (Å²) < 4.78 is 5.36. The van der Waals surface area contributed by atoms with Gasteiger partial charge in [0.25, 0.3) is 5.91 Å². The third kappa shape index (κ3) is 7.67. The van der Waals surface area contributed by atoms with E-state index >= 15 is 0 Å². The van der Waals surface area contributed by atoms with E-state index in [4.69, 9.17) is 10.5 Å². The molecule has 1 heterocycles. The highest BCUT2D eigenvalue weighted by Gasteiger charge is 2.26. The van der Waals surface area contributed by atoms with E-state index in [9.17, 15) is 14.4 Å². The highest BCUT2D eigenvalue weighted by atomic mass is 16.5. The van der Waals surface area contributed by atoms with Gasteiger partial charge in [0.05, 0.1) is 6.61 Å². The average Bonchev–Trinajstić information content (AvgIpc) is 2.73. The molecule has 0 bridgehead atoms. The third-order valence-corrected chi connectivity index (χ3v) is 5.38. The summed E-state index contributed by atoms with van der Waals surface area (Å²) in [6.07, 6.45) is 3.42. The molecule has 8 heteroatoms. The van der Waals surface area contributed by atoms with E-state index < -0.39 is 11.9 Å². The minimum Gasteiger partial charge on any atom is -0.494 e. The zero-order chi connectivity index (χ0) is 21.9. The van der Waals surface area contributed by atoms with Crippen LogP contribution in [-0.2, 0) is 9.59 Å². The number of piperidine rings is 1. The van der Waals surface area contributed by atoms with Crippen molar-refractivity contribution in [3.63, 3.8) is 0 Å². The Hall–Kier alpha value is -2.61. The van der Waals surface area contributed by atoms with Gasteiger partial charge in [0.1, 0.15) is 11.8 Å². The van der Waals surface area contributed by atoms with Crippen molar-refractivity contribution >= 4 is 17.7 Å². The molecule has 1 fully saturated rings. The summed E-state index contributed by atoms with van der Waals surface area (Å²) in [5, 5.41) is 5.67. The number of nitrogens with two attached hydrogens (primary N) is 1. The summed E-state index contributed by atoms with van der Waals surface area (Å²) in [6.45, 7) is 4.74. The molecular formula is C22H34N4O4. The van der Waals surface area contributed by atoms with Gasteiger partial charge in [-0.25, -0.2) is 0 Å². The Bertz CT molecular complexity index is 700. The van der Waals surface area contributed by atoms with Crippen molar-refractivity contribution in [2.24, 2.45) is 11.7 Å². The highest BCUT2D eigenvalue weighted by Crippen LogP contribution is 2.16. The van der Waals surface area contributed by atoms with Crippen molar-refractivity contribution in [3.8, 4) is 5.75 Å². The van der Waals surface area contributed by atoms with Gasteiger partial charge in [-0.15, -0.1) is 0 Å². The maximum absolute atomic E-state index is 12.4. The molecule has 1 aliphatic rings. The van der Waals surface area contributed by atoms with Gasteiger partial charge in [0, 0.05) is 18.0 Å². The molecule has 1 saturated heterocycles. The molecule has 166 valence electrons. The minimum atomic E-state index is -0.668. The van der Waals surface area contributed by atoms with Crippen LogP contribution in [0.1, 0.15) is 49.4 Å². The number of carbonyl (C=O) groups is 3. The molecule has 0 aliphatic carbocycles. The lowest BCUT2D eigenvalue weighted by Gasteiger charge is -2.29. The topological polar surface area (TPSA) is 114 Å². The maximum atomic E-state index is 12.4. The van der Waals surface area contributed by atoms with Gasteiger partial charge in [-0.1, -0.05) is 0 Å². The first kappa shape index (κ1) is 23.7. The van der Waals surface area contributed by atoms with Crippen LogP contribution in [0.5, 0.6) is 5.75 Å². The quantitative estimate of drug-likeness (QED) is 0.469. The molecule has 0 aromatic heterocycles. The lowest BCUT2D eigenvalue weighted by molar-refractivity contribution is -0.131. The van der Waals surface area contributed by atoms with E-state index in [1.54, 1.807) is 24.3 Å². The van der Waals surface area contributed by atoms with Crippen molar-refractivity contribution in [2.45, 2.75) is 45.1 Å². The lowest BCUT2D eigenvalue weighted by Crippen LogP contribution is -2.48. The predicted molar refractivity (Wildman–Crippen MR) is 115 cm³/mol. The van der Waals surface area contributed by atoms with Crippen molar-refractivity contribution in [3.05, 3.63) is 29.8 Å². The van der Waals surface area contributed by atoms with E-state index in [-0.39, 0.29) is 17.7 Å². The van der Waals surface area contributed by atoms with Crippen LogP contribution in [0, 0.1) is 5.92 Å². The molecule has 3 amide bonds. The Kier molecular flexibility index (Phi) is 9.60. The summed E-state index contributed by atoms with van der Waals surface area (Å²) in [7, 11) is 2.04. The number of nitrogens with zero attached hydrogens (tertiary/aromatic N) is 1. The van der Waals surface area contributed by atoms with E-state index in [0.717, 1.165) is 31.7 Å². The smallest absolute Gasteiger partial charge is 0.251 e. The van der Waals surface area contributed by atoms with Gasteiger partial charge in [-0.05, 0) is 83.4 Å². The molecule has 0 saturated carbocycles. The normalized spacial score (nSPS) is 15.9. The molecule has 4 N–H and O–H groups in total. The fourth-order valence-electron chi connectivity index (χ4n) is 3.49. The number of primary amides is 1. The molecule has 2 rings (SSSR count).